The third kappa shape index (κ3) is 4.73. The van der Waals surface area contributed by atoms with Gasteiger partial charge in [0.25, 0.3) is 5.91 Å². The summed E-state index contributed by atoms with van der Waals surface area (Å²) >= 11 is 2.22. The van der Waals surface area contributed by atoms with Crippen molar-refractivity contribution >= 4 is 28.5 Å². The summed E-state index contributed by atoms with van der Waals surface area (Å²) < 4.78 is 6.90. The van der Waals surface area contributed by atoms with Gasteiger partial charge in [0.15, 0.2) is 0 Å². The molecule has 0 aliphatic heterocycles. The molecule has 0 aliphatic carbocycles. The molecule has 2 aromatic carbocycles. The Morgan fingerprint density at radius 2 is 1.82 bits per heavy atom. The van der Waals surface area contributed by atoms with Gasteiger partial charge in [-0.3, -0.25) is 4.79 Å². The molecule has 0 bridgehead atoms. The fourth-order valence-corrected chi connectivity index (χ4v) is 2.48. The van der Waals surface area contributed by atoms with Gasteiger partial charge in [-0.15, -0.1) is 0 Å². The van der Waals surface area contributed by atoms with Crippen LogP contribution >= 0.6 is 22.6 Å². The standard InChI is InChI=1S/C18H20INO2/c1-13(2)16-5-3-4-6-17(16)22-12-11-20-18(21)14-7-9-15(19)10-8-14/h3-10,13H,11-12H2,1-2H3,(H,20,21). The van der Waals surface area contributed by atoms with E-state index >= 15 is 0 Å². The van der Waals surface area contributed by atoms with Crippen molar-refractivity contribution in [1.82, 2.24) is 5.32 Å². The van der Waals surface area contributed by atoms with Crippen molar-refractivity contribution in [2.75, 3.05) is 13.2 Å². The Hall–Kier alpha value is -1.56. The molecule has 1 amide bonds. The first kappa shape index (κ1) is 16.8. The number of halogens is 1. The number of carbonyl (C=O) groups is 1. The van der Waals surface area contributed by atoms with Crippen LogP contribution in [0.15, 0.2) is 48.5 Å². The molecular formula is C18H20INO2. The van der Waals surface area contributed by atoms with Crippen LogP contribution in [-0.2, 0) is 0 Å². The fraction of sp³-hybridized carbons (Fsp3) is 0.278. The maximum atomic E-state index is 12.0. The van der Waals surface area contributed by atoms with Crippen molar-refractivity contribution in [3.05, 3.63) is 63.2 Å². The van der Waals surface area contributed by atoms with Gasteiger partial charge in [-0.05, 0) is 64.4 Å². The van der Waals surface area contributed by atoms with Gasteiger partial charge in [0.05, 0.1) is 6.54 Å². The van der Waals surface area contributed by atoms with E-state index in [-0.39, 0.29) is 5.91 Å². The summed E-state index contributed by atoms with van der Waals surface area (Å²) in [6, 6.07) is 15.5. The van der Waals surface area contributed by atoms with Crippen LogP contribution in [0.5, 0.6) is 5.75 Å². The zero-order chi connectivity index (χ0) is 15.9. The van der Waals surface area contributed by atoms with E-state index in [2.05, 4.69) is 47.8 Å². The molecule has 116 valence electrons. The maximum absolute atomic E-state index is 12.0. The van der Waals surface area contributed by atoms with Crippen molar-refractivity contribution in [3.8, 4) is 5.75 Å². The Balaban J connectivity index is 1.82. The molecule has 0 aromatic heterocycles. The average Bonchev–Trinajstić information content (AvgIpc) is 2.52. The zero-order valence-corrected chi connectivity index (χ0v) is 15.0. The van der Waals surface area contributed by atoms with Crippen LogP contribution in [0.25, 0.3) is 0 Å². The second kappa shape index (κ2) is 8.17. The lowest BCUT2D eigenvalue weighted by Crippen LogP contribution is -2.28. The molecule has 0 saturated heterocycles. The van der Waals surface area contributed by atoms with Crippen LogP contribution in [0.2, 0.25) is 0 Å². The lowest BCUT2D eigenvalue weighted by Gasteiger charge is -2.14. The predicted octanol–water partition coefficient (Wildman–Crippen LogP) is 4.22. The van der Waals surface area contributed by atoms with Gasteiger partial charge in [0, 0.05) is 9.13 Å². The molecule has 0 unspecified atom stereocenters. The molecule has 0 atom stereocenters. The first-order chi connectivity index (χ1) is 10.6. The largest absolute Gasteiger partial charge is 0.491 e. The van der Waals surface area contributed by atoms with Crippen LogP contribution in [0.3, 0.4) is 0 Å². The highest BCUT2D eigenvalue weighted by atomic mass is 127. The van der Waals surface area contributed by atoms with Gasteiger partial charge in [-0.2, -0.15) is 0 Å². The van der Waals surface area contributed by atoms with E-state index in [1.807, 2.05) is 42.5 Å². The second-order valence-corrected chi connectivity index (χ2v) is 6.55. The topological polar surface area (TPSA) is 38.3 Å². The molecule has 2 aromatic rings. The minimum Gasteiger partial charge on any atom is -0.491 e. The summed E-state index contributed by atoms with van der Waals surface area (Å²) in [5.74, 6) is 1.23. The summed E-state index contributed by atoms with van der Waals surface area (Å²) in [5.41, 5.74) is 1.86. The average molecular weight is 409 g/mol. The number of nitrogens with one attached hydrogen (secondary N) is 1. The molecule has 0 spiro atoms. The fourth-order valence-electron chi connectivity index (χ4n) is 2.12. The SMILES string of the molecule is CC(C)c1ccccc1OCCNC(=O)c1ccc(I)cc1. The second-order valence-electron chi connectivity index (χ2n) is 5.30. The van der Waals surface area contributed by atoms with E-state index in [1.54, 1.807) is 0 Å². The van der Waals surface area contributed by atoms with Crippen LogP contribution < -0.4 is 10.1 Å². The minimum absolute atomic E-state index is 0.0721. The zero-order valence-electron chi connectivity index (χ0n) is 12.8. The maximum Gasteiger partial charge on any atom is 0.251 e. The summed E-state index contributed by atoms with van der Waals surface area (Å²) in [4.78, 5) is 12.0. The molecule has 0 saturated carbocycles. The number of benzene rings is 2. The predicted molar refractivity (Wildman–Crippen MR) is 97.5 cm³/mol. The van der Waals surface area contributed by atoms with Crippen LogP contribution in [0.1, 0.15) is 35.7 Å². The Labute approximate surface area is 145 Å². The van der Waals surface area contributed by atoms with Crippen molar-refractivity contribution in [3.63, 3.8) is 0 Å². The van der Waals surface area contributed by atoms with E-state index in [4.69, 9.17) is 4.74 Å². The quantitative estimate of drug-likeness (QED) is 0.573. The van der Waals surface area contributed by atoms with Gasteiger partial charge in [0.2, 0.25) is 0 Å². The lowest BCUT2D eigenvalue weighted by molar-refractivity contribution is 0.0947. The highest BCUT2D eigenvalue weighted by Crippen LogP contribution is 2.25. The number of hydrogen-bond donors (Lipinski definition) is 1. The highest BCUT2D eigenvalue weighted by Gasteiger charge is 2.07. The van der Waals surface area contributed by atoms with Crippen molar-refractivity contribution in [1.29, 1.82) is 0 Å². The first-order valence-electron chi connectivity index (χ1n) is 7.33. The van der Waals surface area contributed by atoms with Crippen LogP contribution in [0.4, 0.5) is 0 Å². The van der Waals surface area contributed by atoms with Gasteiger partial charge in [-0.25, -0.2) is 0 Å². The molecule has 0 radical (unpaired) electrons. The molecule has 0 aliphatic rings. The normalized spacial score (nSPS) is 10.5. The Morgan fingerprint density at radius 1 is 1.14 bits per heavy atom. The van der Waals surface area contributed by atoms with Gasteiger partial charge < -0.3 is 10.1 Å². The summed E-state index contributed by atoms with van der Waals surface area (Å²) in [7, 11) is 0. The summed E-state index contributed by atoms with van der Waals surface area (Å²) in [6.07, 6.45) is 0. The Kier molecular flexibility index (Phi) is 6.24. The molecule has 4 heteroatoms. The number of carbonyl (C=O) groups excluding carboxylic acids is 1. The molecule has 2 rings (SSSR count). The van der Waals surface area contributed by atoms with Gasteiger partial charge in [0.1, 0.15) is 12.4 Å². The molecule has 0 heterocycles. The monoisotopic (exact) mass is 409 g/mol. The smallest absolute Gasteiger partial charge is 0.251 e. The molecular weight excluding hydrogens is 389 g/mol. The molecule has 0 fully saturated rings. The van der Waals surface area contributed by atoms with Crippen molar-refractivity contribution in [2.24, 2.45) is 0 Å². The van der Waals surface area contributed by atoms with Crippen LogP contribution in [-0.4, -0.2) is 19.1 Å². The van der Waals surface area contributed by atoms with Gasteiger partial charge >= 0.3 is 0 Å². The molecule has 3 nitrogen and oxygen atoms in total. The molecule has 22 heavy (non-hydrogen) atoms. The molecule has 1 N–H and O–H groups in total. The van der Waals surface area contributed by atoms with Crippen molar-refractivity contribution in [2.45, 2.75) is 19.8 Å². The number of hydrogen-bond acceptors (Lipinski definition) is 2. The van der Waals surface area contributed by atoms with Crippen LogP contribution in [0, 0.1) is 3.57 Å². The minimum atomic E-state index is -0.0721. The van der Waals surface area contributed by atoms with E-state index < -0.39 is 0 Å². The lowest BCUT2D eigenvalue weighted by atomic mass is 10.0. The third-order valence-corrected chi connectivity index (χ3v) is 4.01. The first-order valence-corrected chi connectivity index (χ1v) is 8.41. The number of ether oxygens (including phenoxy) is 1. The number of amides is 1. The van der Waals surface area contributed by atoms with E-state index in [0.29, 0.717) is 24.6 Å². The highest BCUT2D eigenvalue weighted by molar-refractivity contribution is 14.1. The third-order valence-electron chi connectivity index (χ3n) is 3.29. The Bertz CT molecular complexity index is 623. The summed E-state index contributed by atoms with van der Waals surface area (Å²) in [6.45, 7) is 5.22. The van der Waals surface area contributed by atoms with E-state index in [9.17, 15) is 4.79 Å². The van der Waals surface area contributed by atoms with E-state index in [0.717, 1.165) is 9.32 Å². The number of rotatable bonds is 6. The Morgan fingerprint density at radius 3 is 2.50 bits per heavy atom. The number of para-hydroxylation sites is 1. The van der Waals surface area contributed by atoms with Gasteiger partial charge in [-0.1, -0.05) is 32.0 Å². The van der Waals surface area contributed by atoms with Crippen molar-refractivity contribution < 1.29 is 9.53 Å². The summed E-state index contributed by atoms with van der Waals surface area (Å²) in [5, 5.41) is 2.87. The van der Waals surface area contributed by atoms with E-state index in [1.165, 1.54) is 5.56 Å².